The second kappa shape index (κ2) is 10.5. The molecular weight excluding hydrogens is 426 g/mol. The average molecular weight is 458 g/mol. The molecule has 1 heterocycles. The summed E-state index contributed by atoms with van der Waals surface area (Å²) < 4.78 is 5.08. The van der Waals surface area contributed by atoms with Crippen LogP contribution in [0.2, 0.25) is 0 Å². The monoisotopic (exact) mass is 457 g/mol. The zero-order valence-electron chi connectivity index (χ0n) is 19.2. The molecule has 0 spiro atoms. The van der Waals surface area contributed by atoms with E-state index in [-0.39, 0.29) is 35.8 Å². The fourth-order valence-corrected chi connectivity index (χ4v) is 3.80. The predicted molar refractivity (Wildman–Crippen MR) is 122 cm³/mol. The van der Waals surface area contributed by atoms with Gasteiger partial charge in [-0.1, -0.05) is 12.1 Å². The Labute approximate surface area is 191 Å². The Morgan fingerprint density at radius 1 is 1.09 bits per heavy atom. The van der Waals surface area contributed by atoms with Gasteiger partial charge in [0.1, 0.15) is 11.4 Å². The van der Waals surface area contributed by atoms with Crippen molar-refractivity contribution in [3.8, 4) is 0 Å². The topological polar surface area (TPSA) is 142 Å². The summed E-state index contributed by atoms with van der Waals surface area (Å²) in [5.74, 6) is -0.144. The van der Waals surface area contributed by atoms with Gasteiger partial charge in [-0.05, 0) is 58.6 Å². The Morgan fingerprint density at radius 2 is 1.79 bits per heavy atom. The molecule has 2 aromatic rings. The fraction of sp³-hybridized carbons (Fsp3) is 0.522. The highest BCUT2D eigenvalue weighted by molar-refractivity contribution is 5.81. The largest absolute Gasteiger partial charge is 0.443 e. The molecular formula is C23H31N5O5. The summed E-state index contributed by atoms with van der Waals surface area (Å²) in [7, 11) is 0. The number of hydrogen-bond acceptors (Lipinski definition) is 6. The minimum Gasteiger partial charge on any atom is -0.443 e. The Bertz CT molecular complexity index is 1070. The summed E-state index contributed by atoms with van der Waals surface area (Å²) in [4.78, 5) is 55.6. The van der Waals surface area contributed by atoms with Gasteiger partial charge in [-0.2, -0.15) is 0 Å². The maximum absolute atomic E-state index is 12.4. The number of nitrogens with one attached hydrogen (secondary N) is 4. The summed E-state index contributed by atoms with van der Waals surface area (Å²) >= 11 is 0. The fourth-order valence-electron chi connectivity index (χ4n) is 3.80. The van der Waals surface area contributed by atoms with Gasteiger partial charge < -0.3 is 15.0 Å². The minimum absolute atomic E-state index is 0.0102. The number of hydrazine groups is 1. The van der Waals surface area contributed by atoms with Crippen molar-refractivity contribution < 1.29 is 19.1 Å². The van der Waals surface area contributed by atoms with Crippen LogP contribution in [0.25, 0.3) is 10.9 Å². The molecule has 1 aliphatic rings. The van der Waals surface area contributed by atoms with Gasteiger partial charge >= 0.3 is 6.09 Å². The predicted octanol–water partition coefficient (Wildman–Crippen LogP) is 2.09. The van der Waals surface area contributed by atoms with E-state index in [1.807, 2.05) is 6.07 Å². The highest BCUT2D eigenvalue weighted by Crippen LogP contribution is 2.24. The molecule has 33 heavy (non-hydrogen) atoms. The first-order chi connectivity index (χ1) is 15.6. The van der Waals surface area contributed by atoms with E-state index in [0.29, 0.717) is 48.8 Å². The molecule has 10 nitrogen and oxygen atoms in total. The van der Waals surface area contributed by atoms with E-state index >= 15 is 0 Å². The van der Waals surface area contributed by atoms with Crippen molar-refractivity contribution in [2.24, 2.45) is 5.92 Å². The smallest absolute Gasteiger partial charge is 0.426 e. The Morgan fingerprint density at radius 3 is 2.48 bits per heavy atom. The standard InChI is InChI=1S/C23H31N5O5/c1-23(2,3)33-22(32)28-27-20(30)14-8-10-15(11-9-14)24-19(29)13-12-18-25-17-7-5-4-6-16(17)21(31)26-18/h4-7,14-15H,8-13H2,1-3H3,(H,24,29)(H,27,30)(H,28,32)(H,25,26,31)/t14-,15-. The van der Waals surface area contributed by atoms with Crippen molar-refractivity contribution >= 4 is 28.8 Å². The van der Waals surface area contributed by atoms with Gasteiger partial charge in [-0.3, -0.25) is 19.8 Å². The summed E-state index contributed by atoms with van der Waals surface area (Å²) in [6.45, 7) is 5.21. The zero-order valence-corrected chi connectivity index (χ0v) is 19.2. The van der Waals surface area contributed by atoms with Crippen molar-refractivity contribution in [1.82, 2.24) is 26.1 Å². The Kier molecular flexibility index (Phi) is 7.67. The molecule has 1 aliphatic carbocycles. The lowest BCUT2D eigenvalue weighted by Crippen LogP contribution is -2.48. The molecule has 10 heteroatoms. The molecule has 4 N–H and O–H groups in total. The summed E-state index contributed by atoms with van der Waals surface area (Å²) in [5.41, 5.74) is 4.41. The lowest BCUT2D eigenvalue weighted by Gasteiger charge is -2.28. The number of ether oxygens (including phenoxy) is 1. The van der Waals surface area contributed by atoms with Crippen LogP contribution in [-0.2, 0) is 20.7 Å². The van der Waals surface area contributed by atoms with Gasteiger partial charge in [0.25, 0.3) is 5.56 Å². The molecule has 1 aromatic carbocycles. The molecule has 0 bridgehead atoms. The van der Waals surface area contributed by atoms with Crippen molar-refractivity contribution in [3.63, 3.8) is 0 Å². The molecule has 0 atom stereocenters. The number of para-hydroxylation sites is 1. The molecule has 1 saturated carbocycles. The van der Waals surface area contributed by atoms with Crippen molar-refractivity contribution in [2.75, 3.05) is 0 Å². The van der Waals surface area contributed by atoms with Crippen LogP contribution in [-0.4, -0.2) is 39.5 Å². The number of carbonyl (C=O) groups is 3. The van der Waals surface area contributed by atoms with Crippen LogP contribution in [0.3, 0.4) is 0 Å². The SMILES string of the molecule is CC(C)(C)OC(=O)NNC(=O)[C@H]1CC[C@H](NC(=O)CCc2nc3ccccc3c(=O)[nH]2)CC1. The molecule has 0 unspecified atom stereocenters. The number of nitrogens with zero attached hydrogens (tertiary/aromatic N) is 1. The highest BCUT2D eigenvalue weighted by Gasteiger charge is 2.27. The first-order valence-corrected chi connectivity index (χ1v) is 11.2. The van der Waals surface area contributed by atoms with E-state index in [9.17, 15) is 19.2 Å². The minimum atomic E-state index is -0.709. The van der Waals surface area contributed by atoms with Gasteiger partial charge in [0, 0.05) is 24.8 Å². The van der Waals surface area contributed by atoms with E-state index < -0.39 is 11.7 Å². The quantitative estimate of drug-likeness (QED) is 0.507. The number of fused-ring (bicyclic) bond motifs is 1. The number of carbonyl (C=O) groups excluding carboxylic acids is 3. The maximum atomic E-state index is 12.4. The van der Waals surface area contributed by atoms with E-state index in [4.69, 9.17) is 4.74 Å². The van der Waals surface area contributed by atoms with Gasteiger partial charge in [-0.25, -0.2) is 15.2 Å². The molecule has 1 aromatic heterocycles. The van der Waals surface area contributed by atoms with E-state index in [0.717, 1.165) is 0 Å². The van der Waals surface area contributed by atoms with E-state index in [1.54, 1.807) is 39.0 Å². The zero-order chi connectivity index (χ0) is 24.0. The molecule has 0 radical (unpaired) electrons. The number of aromatic amines is 1. The number of aromatic nitrogens is 2. The lowest BCUT2D eigenvalue weighted by molar-refractivity contribution is -0.127. The second-order valence-corrected chi connectivity index (χ2v) is 9.26. The van der Waals surface area contributed by atoms with Gasteiger partial charge in [-0.15, -0.1) is 0 Å². The number of benzene rings is 1. The van der Waals surface area contributed by atoms with Crippen molar-refractivity contribution in [3.05, 3.63) is 40.4 Å². The third kappa shape index (κ3) is 7.30. The highest BCUT2D eigenvalue weighted by atomic mass is 16.6. The Hall–Kier alpha value is -3.43. The van der Waals surface area contributed by atoms with Gasteiger partial charge in [0.05, 0.1) is 10.9 Å². The molecule has 0 aliphatic heterocycles. The second-order valence-electron chi connectivity index (χ2n) is 9.26. The summed E-state index contributed by atoms with van der Waals surface area (Å²) in [6, 6.07) is 7.06. The maximum Gasteiger partial charge on any atom is 0.426 e. The molecule has 0 saturated heterocycles. The number of aryl methyl sites for hydroxylation is 1. The Balaban J connectivity index is 1.39. The number of rotatable bonds is 5. The molecule has 3 amide bonds. The van der Waals surface area contributed by atoms with Crippen LogP contribution in [0.4, 0.5) is 4.79 Å². The third-order valence-corrected chi connectivity index (χ3v) is 5.40. The summed E-state index contributed by atoms with van der Waals surface area (Å²) in [6.07, 6.45) is 2.38. The van der Waals surface area contributed by atoms with Crippen molar-refractivity contribution in [2.45, 2.75) is 70.9 Å². The van der Waals surface area contributed by atoms with Crippen LogP contribution < -0.4 is 21.7 Å². The van der Waals surface area contributed by atoms with E-state index in [1.165, 1.54) is 0 Å². The number of H-pyrrole nitrogens is 1. The summed E-state index contributed by atoms with van der Waals surface area (Å²) in [5, 5.41) is 3.52. The normalized spacial score (nSPS) is 18.4. The average Bonchev–Trinajstić information content (AvgIpc) is 2.75. The van der Waals surface area contributed by atoms with Gasteiger partial charge in [0.15, 0.2) is 0 Å². The number of hydrogen-bond donors (Lipinski definition) is 4. The molecule has 1 fully saturated rings. The first kappa shape index (κ1) is 24.2. The molecule has 3 rings (SSSR count). The molecule has 178 valence electrons. The van der Waals surface area contributed by atoms with Crippen LogP contribution in [0.1, 0.15) is 58.7 Å². The van der Waals surface area contributed by atoms with Gasteiger partial charge in [0.2, 0.25) is 11.8 Å². The van der Waals surface area contributed by atoms with Crippen LogP contribution >= 0.6 is 0 Å². The van der Waals surface area contributed by atoms with Crippen LogP contribution in [0.5, 0.6) is 0 Å². The van der Waals surface area contributed by atoms with Crippen LogP contribution in [0, 0.1) is 5.92 Å². The third-order valence-electron chi connectivity index (χ3n) is 5.40. The lowest BCUT2D eigenvalue weighted by atomic mass is 9.85. The number of amides is 3. The van der Waals surface area contributed by atoms with Crippen molar-refractivity contribution in [1.29, 1.82) is 0 Å². The van der Waals surface area contributed by atoms with E-state index in [2.05, 4.69) is 26.1 Å². The first-order valence-electron chi connectivity index (χ1n) is 11.2. The van der Waals surface area contributed by atoms with Crippen LogP contribution in [0.15, 0.2) is 29.1 Å².